The molecule has 0 spiro atoms. The van der Waals surface area contributed by atoms with E-state index in [4.69, 9.17) is 9.57 Å². The van der Waals surface area contributed by atoms with Gasteiger partial charge in [0.25, 0.3) is 5.91 Å². The second-order valence-corrected chi connectivity index (χ2v) is 6.37. The molecule has 1 aliphatic rings. The SMILES string of the molecule is COc1cc(CCNC(=O)c2ccncn2)cc(C2=NOC(c3nn[nH]n3)C2)c1F. The van der Waals surface area contributed by atoms with Crippen LogP contribution in [0.25, 0.3) is 0 Å². The van der Waals surface area contributed by atoms with Gasteiger partial charge in [0.05, 0.1) is 12.8 Å². The molecule has 2 aromatic heterocycles. The Morgan fingerprint density at radius 3 is 3.07 bits per heavy atom. The van der Waals surface area contributed by atoms with Gasteiger partial charge in [-0.2, -0.15) is 5.21 Å². The summed E-state index contributed by atoms with van der Waals surface area (Å²) in [6.07, 6.45) is 2.99. The number of tetrazole rings is 1. The monoisotopic (exact) mass is 412 g/mol. The Kier molecular flexibility index (Phi) is 5.54. The molecule has 0 fully saturated rings. The normalized spacial score (nSPS) is 15.4. The molecule has 0 radical (unpaired) electrons. The Bertz CT molecular complexity index is 1060. The van der Waals surface area contributed by atoms with Gasteiger partial charge in [-0.1, -0.05) is 10.4 Å². The first-order valence-electron chi connectivity index (χ1n) is 9.02. The average molecular weight is 412 g/mol. The average Bonchev–Trinajstić information content (AvgIpc) is 3.47. The quantitative estimate of drug-likeness (QED) is 0.585. The van der Waals surface area contributed by atoms with Crippen molar-refractivity contribution in [2.24, 2.45) is 5.16 Å². The maximum atomic E-state index is 14.9. The zero-order valence-corrected chi connectivity index (χ0v) is 15.9. The summed E-state index contributed by atoms with van der Waals surface area (Å²) in [5, 5.41) is 20.3. The number of amides is 1. The third kappa shape index (κ3) is 4.06. The molecule has 0 saturated carbocycles. The number of halogens is 1. The summed E-state index contributed by atoms with van der Waals surface area (Å²) in [5.74, 6) is -0.439. The van der Waals surface area contributed by atoms with E-state index in [1.54, 1.807) is 12.1 Å². The van der Waals surface area contributed by atoms with Gasteiger partial charge in [0.2, 0.25) is 5.82 Å². The molecule has 1 unspecified atom stereocenters. The zero-order chi connectivity index (χ0) is 20.9. The molecule has 2 N–H and O–H groups in total. The molecule has 11 nitrogen and oxygen atoms in total. The van der Waals surface area contributed by atoms with E-state index < -0.39 is 11.9 Å². The number of hydrogen-bond donors (Lipinski definition) is 2. The maximum absolute atomic E-state index is 14.9. The summed E-state index contributed by atoms with van der Waals surface area (Å²) in [5.41, 5.74) is 1.70. The van der Waals surface area contributed by atoms with Crippen LogP contribution in [0.3, 0.4) is 0 Å². The van der Waals surface area contributed by atoms with Crippen molar-refractivity contribution in [1.29, 1.82) is 0 Å². The van der Waals surface area contributed by atoms with Gasteiger partial charge in [-0.05, 0) is 30.2 Å². The van der Waals surface area contributed by atoms with E-state index >= 15 is 0 Å². The molecule has 1 atom stereocenters. The number of methoxy groups -OCH3 is 1. The van der Waals surface area contributed by atoms with Crippen molar-refractivity contribution in [2.45, 2.75) is 18.9 Å². The Balaban J connectivity index is 1.46. The second-order valence-electron chi connectivity index (χ2n) is 6.37. The van der Waals surface area contributed by atoms with Crippen molar-refractivity contribution < 1.29 is 18.8 Å². The van der Waals surface area contributed by atoms with Crippen molar-refractivity contribution in [3.05, 3.63) is 59.2 Å². The standard InChI is InChI=1S/C18H17FN8O3/c1-29-14-7-10(2-5-21-18(28)12-3-4-20-9-22-12)6-11(16(14)19)13-8-15(30-25-13)17-23-26-27-24-17/h3-4,6-7,9,15H,2,5,8H2,1H3,(H,21,28)(H,23,24,26,27). The number of carbonyl (C=O) groups excluding carboxylic acids is 1. The Labute approximate surface area is 169 Å². The Hall–Kier alpha value is -3.96. The molecule has 154 valence electrons. The lowest BCUT2D eigenvalue weighted by Gasteiger charge is -2.11. The lowest BCUT2D eigenvalue weighted by molar-refractivity contribution is 0.0791. The van der Waals surface area contributed by atoms with E-state index in [9.17, 15) is 9.18 Å². The number of nitrogens with one attached hydrogen (secondary N) is 2. The maximum Gasteiger partial charge on any atom is 0.270 e. The molecule has 0 saturated heterocycles. The summed E-state index contributed by atoms with van der Waals surface area (Å²) in [4.78, 5) is 25.1. The van der Waals surface area contributed by atoms with Crippen molar-refractivity contribution in [3.63, 3.8) is 0 Å². The molecule has 30 heavy (non-hydrogen) atoms. The smallest absolute Gasteiger partial charge is 0.270 e. The highest BCUT2D eigenvalue weighted by molar-refractivity contribution is 6.02. The van der Waals surface area contributed by atoms with E-state index in [0.29, 0.717) is 24.5 Å². The van der Waals surface area contributed by atoms with Crippen LogP contribution in [0.2, 0.25) is 0 Å². The van der Waals surface area contributed by atoms with Gasteiger partial charge in [-0.15, -0.1) is 10.2 Å². The predicted molar refractivity (Wildman–Crippen MR) is 100 cm³/mol. The minimum absolute atomic E-state index is 0.0790. The summed E-state index contributed by atoms with van der Waals surface area (Å²) < 4.78 is 20.0. The molecule has 1 amide bonds. The van der Waals surface area contributed by atoms with Crippen LogP contribution in [0.5, 0.6) is 5.75 Å². The Morgan fingerprint density at radius 1 is 1.43 bits per heavy atom. The molecule has 12 heteroatoms. The summed E-state index contributed by atoms with van der Waals surface area (Å²) in [6.45, 7) is 0.325. The van der Waals surface area contributed by atoms with Gasteiger partial charge in [-0.3, -0.25) is 4.79 Å². The number of aromatic nitrogens is 6. The number of nitrogens with zero attached hydrogens (tertiary/aromatic N) is 6. The van der Waals surface area contributed by atoms with Gasteiger partial charge >= 0.3 is 0 Å². The fraction of sp³-hybridized carbons (Fsp3) is 0.278. The summed E-state index contributed by atoms with van der Waals surface area (Å²) >= 11 is 0. The highest BCUT2D eigenvalue weighted by Gasteiger charge is 2.29. The fourth-order valence-corrected chi connectivity index (χ4v) is 2.97. The Morgan fingerprint density at radius 2 is 2.33 bits per heavy atom. The number of aromatic amines is 1. The van der Waals surface area contributed by atoms with Crippen LogP contribution >= 0.6 is 0 Å². The van der Waals surface area contributed by atoms with E-state index in [1.165, 1.54) is 25.7 Å². The first kappa shape index (κ1) is 19.4. The number of ether oxygens (including phenoxy) is 1. The van der Waals surface area contributed by atoms with Crippen molar-refractivity contribution in [2.75, 3.05) is 13.7 Å². The number of benzene rings is 1. The van der Waals surface area contributed by atoms with Crippen LogP contribution in [0.4, 0.5) is 4.39 Å². The number of hydrogen-bond acceptors (Lipinski definition) is 9. The lowest BCUT2D eigenvalue weighted by atomic mass is 9.99. The van der Waals surface area contributed by atoms with Crippen LogP contribution in [0, 0.1) is 5.82 Å². The molecule has 1 aromatic carbocycles. The zero-order valence-electron chi connectivity index (χ0n) is 15.9. The van der Waals surface area contributed by atoms with Gasteiger partial charge in [-0.25, -0.2) is 14.4 Å². The number of oxime groups is 1. The summed E-state index contributed by atoms with van der Waals surface area (Å²) in [6, 6.07) is 4.77. The first-order valence-corrected chi connectivity index (χ1v) is 9.02. The molecule has 0 bridgehead atoms. The van der Waals surface area contributed by atoms with Gasteiger partial charge < -0.3 is 14.9 Å². The number of carbonyl (C=O) groups is 1. The molecule has 3 aromatic rings. The van der Waals surface area contributed by atoms with E-state index in [2.05, 4.69) is 41.1 Å². The van der Waals surface area contributed by atoms with Crippen LogP contribution in [0.1, 0.15) is 40.0 Å². The third-order valence-electron chi connectivity index (χ3n) is 4.46. The highest BCUT2D eigenvalue weighted by atomic mass is 19.1. The van der Waals surface area contributed by atoms with Crippen LogP contribution < -0.4 is 10.1 Å². The van der Waals surface area contributed by atoms with Crippen LogP contribution in [0.15, 0.2) is 35.9 Å². The van der Waals surface area contributed by atoms with Crippen molar-refractivity contribution in [3.8, 4) is 5.75 Å². The molecule has 1 aliphatic heterocycles. The van der Waals surface area contributed by atoms with Gasteiger partial charge in [0.1, 0.15) is 12.0 Å². The fourth-order valence-electron chi connectivity index (χ4n) is 2.97. The minimum atomic E-state index is -0.542. The molecule has 0 aliphatic carbocycles. The van der Waals surface area contributed by atoms with Crippen molar-refractivity contribution in [1.82, 2.24) is 35.9 Å². The number of H-pyrrole nitrogens is 1. The first-order chi connectivity index (χ1) is 14.7. The number of rotatable bonds is 7. The van der Waals surface area contributed by atoms with Gasteiger partial charge in [0.15, 0.2) is 17.7 Å². The largest absolute Gasteiger partial charge is 0.494 e. The molecular formula is C18H17FN8O3. The third-order valence-corrected chi connectivity index (χ3v) is 4.46. The topological polar surface area (TPSA) is 140 Å². The van der Waals surface area contributed by atoms with Gasteiger partial charge in [0, 0.05) is 24.7 Å². The van der Waals surface area contributed by atoms with Crippen LogP contribution in [-0.4, -0.2) is 55.9 Å². The summed E-state index contributed by atoms with van der Waals surface area (Å²) in [7, 11) is 1.39. The predicted octanol–water partition coefficient (Wildman–Crippen LogP) is 0.976. The van der Waals surface area contributed by atoms with E-state index in [-0.39, 0.29) is 29.3 Å². The van der Waals surface area contributed by atoms with Crippen molar-refractivity contribution >= 4 is 11.6 Å². The molecule has 4 rings (SSSR count). The van der Waals surface area contributed by atoms with Crippen LogP contribution in [-0.2, 0) is 11.3 Å². The minimum Gasteiger partial charge on any atom is -0.494 e. The second kappa shape index (κ2) is 8.59. The van der Waals surface area contributed by atoms with E-state index in [0.717, 1.165) is 5.56 Å². The highest BCUT2D eigenvalue weighted by Crippen LogP contribution is 2.31. The van der Waals surface area contributed by atoms with E-state index in [1.807, 2.05) is 0 Å². The molecule has 3 heterocycles. The lowest BCUT2D eigenvalue weighted by Crippen LogP contribution is -2.26. The molecular weight excluding hydrogens is 395 g/mol.